The Morgan fingerprint density at radius 1 is 1.23 bits per heavy atom. The second kappa shape index (κ2) is 12.2. The van der Waals surface area contributed by atoms with E-state index < -0.39 is 0 Å². The quantitative estimate of drug-likeness (QED) is 0.518. The summed E-state index contributed by atoms with van der Waals surface area (Å²) in [5.74, 6) is 2.26. The van der Waals surface area contributed by atoms with Gasteiger partial charge in [0.15, 0.2) is 0 Å². The summed E-state index contributed by atoms with van der Waals surface area (Å²) < 4.78 is 4.91. The fourth-order valence-electron chi connectivity index (χ4n) is 0.867. The molecular weight excluding hydrogens is 186 g/mol. The summed E-state index contributed by atoms with van der Waals surface area (Å²) in [5.41, 5.74) is 0. The molecule has 4 heteroatoms. The number of rotatable bonds is 10. The Kier molecular flexibility index (Phi) is 12.4. The van der Waals surface area contributed by atoms with Crippen molar-refractivity contribution in [1.82, 2.24) is 5.32 Å². The molecule has 3 nitrogen and oxygen atoms in total. The van der Waals surface area contributed by atoms with E-state index in [1.165, 1.54) is 12.2 Å². The molecule has 0 aliphatic heterocycles. The predicted molar refractivity (Wildman–Crippen MR) is 58.4 cm³/mol. The van der Waals surface area contributed by atoms with Gasteiger partial charge in [0, 0.05) is 20.3 Å². The topological polar surface area (TPSA) is 41.5 Å². The zero-order valence-electron chi connectivity index (χ0n) is 8.42. The zero-order chi connectivity index (χ0) is 9.78. The van der Waals surface area contributed by atoms with Crippen LogP contribution in [-0.2, 0) is 4.74 Å². The number of hydrogen-bond acceptors (Lipinski definition) is 4. The lowest BCUT2D eigenvalue weighted by molar-refractivity contribution is 0.199. The Balaban J connectivity index is 2.76. The molecule has 0 bridgehead atoms. The molecule has 0 spiro atoms. The average Bonchev–Trinajstić information content (AvgIpc) is 2.16. The van der Waals surface area contributed by atoms with Crippen molar-refractivity contribution < 1.29 is 9.84 Å². The van der Waals surface area contributed by atoms with Crippen LogP contribution in [0.3, 0.4) is 0 Å². The maximum atomic E-state index is 8.53. The van der Waals surface area contributed by atoms with Crippen molar-refractivity contribution in [3.05, 3.63) is 0 Å². The van der Waals surface area contributed by atoms with Gasteiger partial charge in [-0.2, -0.15) is 11.8 Å². The summed E-state index contributed by atoms with van der Waals surface area (Å²) in [7, 11) is 1.71. The van der Waals surface area contributed by atoms with Crippen LogP contribution in [0.4, 0.5) is 0 Å². The minimum Gasteiger partial charge on any atom is -0.396 e. The highest BCUT2D eigenvalue weighted by atomic mass is 32.2. The maximum Gasteiger partial charge on any atom is 0.0587 e. The molecule has 0 aromatic heterocycles. The van der Waals surface area contributed by atoms with Crippen molar-refractivity contribution in [2.75, 3.05) is 44.9 Å². The van der Waals surface area contributed by atoms with Crippen LogP contribution in [0.5, 0.6) is 0 Å². The van der Waals surface area contributed by atoms with Gasteiger partial charge < -0.3 is 15.2 Å². The van der Waals surface area contributed by atoms with E-state index in [0.29, 0.717) is 6.61 Å². The number of hydrogen-bond donors (Lipinski definition) is 2. The lowest BCUT2D eigenvalue weighted by Crippen LogP contribution is -2.20. The first-order chi connectivity index (χ1) is 6.41. The Hall–Kier alpha value is 0.230. The van der Waals surface area contributed by atoms with Crippen molar-refractivity contribution in [3.8, 4) is 0 Å². The van der Waals surface area contributed by atoms with Gasteiger partial charge in [-0.15, -0.1) is 0 Å². The standard InChI is InChI=1S/C9H21NO2S/c1-12-7-5-10-4-2-8-13-9-3-6-11/h10-11H,2-9H2,1H3. The molecule has 0 atom stereocenters. The number of thioether (sulfide) groups is 1. The van der Waals surface area contributed by atoms with Crippen LogP contribution in [0.1, 0.15) is 12.8 Å². The molecule has 0 aromatic carbocycles. The van der Waals surface area contributed by atoms with Gasteiger partial charge in [0.05, 0.1) is 6.61 Å². The van der Waals surface area contributed by atoms with Crippen LogP contribution in [0.15, 0.2) is 0 Å². The van der Waals surface area contributed by atoms with Gasteiger partial charge in [-0.25, -0.2) is 0 Å². The smallest absolute Gasteiger partial charge is 0.0587 e. The fourth-order valence-corrected chi connectivity index (χ4v) is 1.75. The Bertz CT molecular complexity index is 83.7. The molecule has 0 saturated heterocycles. The molecule has 0 saturated carbocycles. The van der Waals surface area contributed by atoms with Gasteiger partial charge in [0.2, 0.25) is 0 Å². The summed E-state index contributed by atoms with van der Waals surface area (Å²) in [6, 6.07) is 0. The number of aliphatic hydroxyl groups excluding tert-OH is 1. The van der Waals surface area contributed by atoms with Gasteiger partial charge >= 0.3 is 0 Å². The van der Waals surface area contributed by atoms with E-state index in [0.717, 1.165) is 31.9 Å². The second-order valence-corrected chi connectivity index (χ2v) is 4.01. The number of methoxy groups -OCH3 is 1. The van der Waals surface area contributed by atoms with Crippen LogP contribution in [0.25, 0.3) is 0 Å². The normalized spacial score (nSPS) is 10.6. The van der Waals surface area contributed by atoms with Gasteiger partial charge in [-0.1, -0.05) is 0 Å². The van der Waals surface area contributed by atoms with E-state index in [9.17, 15) is 0 Å². The largest absolute Gasteiger partial charge is 0.396 e. The van der Waals surface area contributed by atoms with Crippen molar-refractivity contribution in [1.29, 1.82) is 0 Å². The van der Waals surface area contributed by atoms with E-state index in [-0.39, 0.29) is 0 Å². The molecule has 0 fully saturated rings. The Morgan fingerprint density at radius 3 is 2.69 bits per heavy atom. The third kappa shape index (κ3) is 12.2. The summed E-state index contributed by atoms with van der Waals surface area (Å²) in [6.45, 7) is 3.12. The van der Waals surface area contributed by atoms with E-state index in [1.807, 2.05) is 11.8 Å². The lowest BCUT2D eigenvalue weighted by atomic mass is 10.5. The minimum atomic E-state index is 0.319. The summed E-state index contributed by atoms with van der Waals surface area (Å²) in [5, 5.41) is 11.8. The Morgan fingerprint density at radius 2 is 2.00 bits per heavy atom. The van der Waals surface area contributed by atoms with E-state index in [1.54, 1.807) is 7.11 Å². The highest BCUT2D eigenvalue weighted by Gasteiger charge is 1.90. The van der Waals surface area contributed by atoms with Gasteiger partial charge in [0.25, 0.3) is 0 Å². The first-order valence-corrected chi connectivity index (χ1v) is 5.95. The molecule has 0 radical (unpaired) electrons. The van der Waals surface area contributed by atoms with E-state index >= 15 is 0 Å². The lowest BCUT2D eigenvalue weighted by Gasteiger charge is -2.03. The van der Waals surface area contributed by atoms with Crippen LogP contribution in [0.2, 0.25) is 0 Å². The highest BCUT2D eigenvalue weighted by Crippen LogP contribution is 2.02. The summed E-state index contributed by atoms with van der Waals surface area (Å²) in [4.78, 5) is 0. The van der Waals surface area contributed by atoms with Gasteiger partial charge in [-0.05, 0) is 30.9 Å². The molecule has 0 aromatic rings. The molecule has 0 amide bonds. The molecule has 0 unspecified atom stereocenters. The average molecular weight is 207 g/mol. The van der Waals surface area contributed by atoms with E-state index in [2.05, 4.69) is 5.32 Å². The summed E-state index contributed by atoms with van der Waals surface area (Å²) >= 11 is 1.91. The molecule has 13 heavy (non-hydrogen) atoms. The molecule has 0 heterocycles. The molecule has 80 valence electrons. The zero-order valence-corrected chi connectivity index (χ0v) is 9.24. The molecule has 0 aliphatic carbocycles. The number of ether oxygens (including phenoxy) is 1. The molecular formula is C9H21NO2S. The van der Waals surface area contributed by atoms with Crippen molar-refractivity contribution >= 4 is 11.8 Å². The fraction of sp³-hybridized carbons (Fsp3) is 1.00. The first kappa shape index (κ1) is 13.2. The van der Waals surface area contributed by atoms with Crippen molar-refractivity contribution in [3.63, 3.8) is 0 Å². The molecule has 2 N–H and O–H groups in total. The number of aliphatic hydroxyl groups is 1. The third-order valence-electron chi connectivity index (χ3n) is 1.57. The van der Waals surface area contributed by atoms with Crippen LogP contribution >= 0.6 is 11.8 Å². The molecule has 0 rings (SSSR count). The number of nitrogens with one attached hydrogen (secondary N) is 1. The first-order valence-electron chi connectivity index (χ1n) is 4.80. The van der Waals surface area contributed by atoms with Gasteiger partial charge in [0.1, 0.15) is 0 Å². The monoisotopic (exact) mass is 207 g/mol. The third-order valence-corrected chi connectivity index (χ3v) is 2.73. The maximum absolute atomic E-state index is 8.53. The van der Waals surface area contributed by atoms with Gasteiger partial charge in [-0.3, -0.25) is 0 Å². The second-order valence-electron chi connectivity index (χ2n) is 2.79. The van der Waals surface area contributed by atoms with Crippen LogP contribution in [-0.4, -0.2) is 50.0 Å². The van der Waals surface area contributed by atoms with Crippen molar-refractivity contribution in [2.45, 2.75) is 12.8 Å². The van der Waals surface area contributed by atoms with E-state index in [4.69, 9.17) is 9.84 Å². The summed E-state index contributed by atoms with van der Waals surface area (Å²) in [6.07, 6.45) is 2.11. The highest BCUT2D eigenvalue weighted by molar-refractivity contribution is 7.99. The molecule has 0 aliphatic rings. The minimum absolute atomic E-state index is 0.319. The van der Waals surface area contributed by atoms with Crippen LogP contribution < -0.4 is 5.32 Å². The predicted octanol–water partition coefficient (Wildman–Crippen LogP) is 0.728. The SMILES string of the molecule is COCCNCCCSCCCO. The van der Waals surface area contributed by atoms with Crippen molar-refractivity contribution in [2.24, 2.45) is 0 Å². The van der Waals surface area contributed by atoms with Crippen LogP contribution in [0, 0.1) is 0 Å². The Labute approximate surface area is 85.2 Å².